The van der Waals surface area contributed by atoms with Crippen LogP contribution in [0.15, 0.2) is 60.0 Å². The highest BCUT2D eigenvalue weighted by Gasteiger charge is 2.39. The molecule has 336 valence electrons. The number of halogens is 3. The van der Waals surface area contributed by atoms with Crippen molar-refractivity contribution in [2.75, 3.05) is 27.5 Å². The number of thiazole rings is 1. The molecule has 0 spiro atoms. The predicted molar refractivity (Wildman–Crippen MR) is 229 cm³/mol. The molecule has 1 saturated heterocycles. The standard InChI is InChI=1S/C46H63F3N4O7S/c1-8-30(4)36(24-40(54)38-16-12-13-21-52(38)6)44(56)53(26-33-14-10-9-11-15-33)39(29(2)3)25-41(60-28-59-7)43-51-37(27-61-43)42(55)50-35(22-31(5)45(57)58)23-32-17-19-34(20-18-32)46(47,48)49/h9-11,14-15,17-20,27,29-31,35-36,38-39,41H,8,12-13,16,21-26,28H2,1-7H3,(H,50,55)(H,57,58)/t30-,31-,35+,36-,38+,39+,41+/m0/s1. The predicted octanol–water partition coefficient (Wildman–Crippen LogP) is 8.82. The molecule has 1 aliphatic rings. The fourth-order valence-corrected chi connectivity index (χ4v) is 8.87. The molecule has 2 aromatic carbocycles. The summed E-state index contributed by atoms with van der Waals surface area (Å²) in [7, 11) is 3.48. The van der Waals surface area contributed by atoms with Gasteiger partial charge in [0.15, 0.2) is 5.78 Å². The van der Waals surface area contributed by atoms with Gasteiger partial charge in [-0.1, -0.05) is 89.9 Å². The number of ether oxygens (including phenoxy) is 2. The number of hydrogen-bond donors (Lipinski definition) is 2. The van der Waals surface area contributed by atoms with E-state index in [9.17, 15) is 32.7 Å². The van der Waals surface area contributed by atoms with E-state index < -0.39 is 47.6 Å². The monoisotopic (exact) mass is 872 g/mol. The van der Waals surface area contributed by atoms with Crippen LogP contribution in [-0.4, -0.2) is 89.1 Å². The SMILES string of the molecule is CC[C@H](C)[C@H](CC(=O)[C@H]1CCCCN1C)C(=O)N(Cc1ccccc1)[C@H](C[C@@H](OCOC)c1nc(C(=O)N[C@@H](Cc2ccc(C(F)(F)F)cc2)C[C@H](C)C(=O)O)cs1)C(C)C. The summed E-state index contributed by atoms with van der Waals surface area (Å²) in [6.45, 7) is 10.7. The van der Waals surface area contributed by atoms with Crippen molar-refractivity contribution in [2.24, 2.45) is 23.7 Å². The summed E-state index contributed by atoms with van der Waals surface area (Å²) in [5, 5.41) is 14.5. The first-order chi connectivity index (χ1) is 28.9. The number of Topliss-reactive ketones (excluding diaryl/α,β-unsaturated/α-hetero) is 1. The van der Waals surface area contributed by atoms with Crippen LogP contribution in [-0.2, 0) is 43.0 Å². The molecule has 61 heavy (non-hydrogen) atoms. The maximum atomic E-state index is 15.1. The number of methoxy groups -OCH3 is 1. The number of aromatic nitrogens is 1. The van der Waals surface area contributed by atoms with Gasteiger partial charge in [0.25, 0.3) is 5.91 Å². The van der Waals surface area contributed by atoms with Gasteiger partial charge in [-0.05, 0) is 74.4 Å². The number of likely N-dealkylation sites (tertiary alicyclic amines) is 1. The van der Waals surface area contributed by atoms with Gasteiger partial charge in [0.1, 0.15) is 23.6 Å². The minimum absolute atomic E-state index is 0.0284. The number of likely N-dealkylation sites (N-methyl/N-ethyl adjacent to an activating group) is 1. The third-order valence-electron chi connectivity index (χ3n) is 11.9. The van der Waals surface area contributed by atoms with Crippen molar-refractivity contribution in [1.29, 1.82) is 0 Å². The number of carboxylic acids is 1. The van der Waals surface area contributed by atoms with Gasteiger partial charge in [0, 0.05) is 49.9 Å². The number of ketones is 1. The third-order valence-corrected chi connectivity index (χ3v) is 12.8. The van der Waals surface area contributed by atoms with Gasteiger partial charge in [0.05, 0.1) is 17.5 Å². The molecule has 0 aliphatic carbocycles. The first kappa shape index (κ1) is 49.5. The number of carboxylic acid groups (broad SMARTS) is 1. The number of aliphatic carboxylic acids is 1. The molecule has 0 bridgehead atoms. The second kappa shape index (κ2) is 23.3. The molecule has 0 radical (unpaired) electrons. The quantitative estimate of drug-likeness (QED) is 0.0896. The Morgan fingerprint density at radius 3 is 2.28 bits per heavy atom. The molecule has 2 amide bonds. The molecule has 1 aliphatic heterocycles. The number of nitrogens with one attached hydrogen (secondary N) is 1. The van der Waals surface area contributed by atoms with Crippen molar-refractivity contribution < 1.29 is 46.9 Å². The van der Waals surface area contributed by atoms with Gasteiger partial charge in [-0.15, -0.1) is 11.3 Å². The Morgan fingerprint density at radius 1 is 1.00 bits per heavy atom. The summed E-state index contributed by atoms with van der Waals surface area (Å²) in [4.78, 5) is 63.2. The van der Waals surface area contributed by atoms with Crippen molar-refractivity contribution in [3.8, 4) is 0 Å². The molecule has 2 heterocycles. The van der Waals surface area contributed by atoms with Crippen LogP contribution in [0.1, 0.15) is 118 Å². The van der Waals surface area contributed by atoms with E-state index in [1.165, 1.54) is 37.5 Å². The largest absolute Gasteiger partial charge is 0.481 e. The highest BCUT2D eigenvalue weighted by atomic mass is 32.1. The lowest BCUT2D eigenvalue weighted by atomic mass is 9.82. The number of piperidine rings is 1. The molecule has 4 rings (SSSR count). The summed E-state index contributed by atoms with van der Waals surface area (Å²) >= 11 is 1.20. The van der Waals surface area contributed by atoms with Gasteiger partial charge in [-0.25, -0.2) is 4.98 Å². The van der Waals surface area contributed by atoms with Crippen molar-refractivity contribution in [2.45, 2.75) is 123 Å². The second-order valence-corrected chi connectivity index (χ2v) is 17.7. The van der Waals surface area contributed by atoms with E-state index in [2.05, 4.69) is 15.2 Å². The number of amides is 2. The summed E-state index contributed by atoms with van der Waals surface area (Å²) in [6.07, 6.45) is -1.11. The van der Waals surface area contributed by atoms with E-state index in [1.54, 1.807) is 5.38 Å². The lowest BCUT2D eigenvalue weighted by Gasteiger charge is -2.40. The minimum Gasteiger partial charge on any atom is -0.481 e. The van der Waals surface area contributed by atoms with Gasteiger partial charge >= 0.3 is 12.1 Å². The van der Waals surface area contributed by atoms with Crippen LogP contribution in [0.4, 0.5) is 13.2 Å². The van der Waals surface area contributed by atoms with Crippen LogP contribution in [0.5, 0.6) is 0 Å². The zero-order valence-electron chi connectivity index (χ0n) is 36.5. The number of rotatable bonds is 23. The molecular formula is C46H63F3N4O7S. The average molecular weight is 873 g/mol. The molecular weight excluding hydrogens is 810 g/mol. The van der Waals surface area contributed by atoms with Crippen molar-refractivity contribution >= 4 is 34.9 Å². The molecule has 11 nitrogen and oxygen atoms in total. The van der Waals surface area contributed by atoms with Gasteiger partial charge in [-0.2, -0.15) is 13.2 Å². The van der Waals surface area contributed by atoms with Crippen LogP contribution < -0.4 is 5.32 Å². The fourth-order valence-electron chi connectivity index (χ4n) is 8.01. The van der Waals surface area contributed by atoms with Crippen LogP contribution in [0.2, 0.25) is 0 Å². The van der Waals surface area contributed by atoms with E-state index in [1.807, 2.05) is 70.0 Å². The van der Waals surface area contributed by atoms with Crippen LogP contribution >= 0.6 is 11.3 Å². The first-order valence-corrected chi connectivity index (χ1v) is 22.1. The maximum absolute atomic E-state index is 15.1. The van der Waals surface area contributed by atoms with Crippen LogP contribution in [0, 0.1) is 23.7 Å². The number of carbonyl (C=O) groups is 4. The maximum Gasteiger partial charge on any atom is 0.416 e. The summed E-state index contributed by atoms with van der Waals surface area (Å²) in [5.74, 6) is -3.15. The molecule has 7 atom stereocenters. The molecule has 0 saturated carbocycles. The Balaban J connectivity index is 1.63. The number of alkyl halides is 3. The summed E-state index contributed by atoms with van der Waals surface area (Å²) < 4.78 is 51.2. The number of carbonyl (C=O) groups excluding carboxylic acids is 3. The molecule has 2 N–H and O–H groups in total. The third kappa shape index (κ3) is 14.4. The van der Waals surface area contributed by atoms with E-state index >= 15 is 4.79 Å². The normalized spacial score (nSPS) is 17.9. The van der Waals surface area contributed by atoms with Crippen molar-refractivity contribution in [1.82, 2.24) is 20.1 Å². The molecule has 15 heteroatoms. The zero-order chi connectivity index (χ0) is 44.9. The molecule has 1 aromatic heterocycles. The van der Waals surface area contributed by atoms with E-state index in [4.69, 9.17) is 9.47 Å². The van der Waals surface area contributed by atoms with E-state index in [0.717, 1.165) is 49.9 Å². The van der Waals surface area contributed by atoms with E-state index in [0.29, 0.717) is 23.5 Å². The molecule has 3 aromatic rings. The Labute approximate surface area is 362 Å². The highest BCUT2D eigenvalue weighted by Crippen LogP contribution is 2.35. The fraction of sp³-hybridized carbons (Fsp3) is 0.587. The Morgan fingerprint density at radius 2 is 1.69 bits per heavy atom. The van der Waals surface area contributed by atoms with Crippen molar-refractivity contribution in [3.05, 3.63) is 87.4 Å². The lowest BCUT2D eigenvalue weighted by Crippen LogP contribution is -2.49. The molecule has 1 fully saturated rings. The number of benzene rings is 2. The van der Waals surface area contributed by atoms with Crippen molar-refractivity contribution in [3.63, 3.8) is 0 Å². The number of nitrogens with zero attached hydrogens (tertiary/aromatic N) is 3. The second-order valence-electron chi connectivity index (χ2n) is 16.8. The minimum atomic E-state index is -4.51. The van der Waals surface area contributed by atoms with E-state index in [-0.39, 0.29) is 67.4 Å². The van der Waals surface area contributed by atoms with Crippen LogP contribution in [0.25, 0.3) is 0 Å². The average Bonchev–Trinajstić information content (AvgIpc) is 3.72. The molecule has 0 unspecified atom stereocenters. The smallest absolute Gasteiger partial charge is 0.416 e. The lowest BCUT2D eigenvalue weighted by molar-refractivity contribution is -0.146. The Bertz CT molecular complexity index is 1860. The topological polar surface area (TPSA) is 138 Å². The Hall–Kier alpha value is -4.18. The van der Waals surface area contributed by atoms with Gasteiger partial charge in [0.2, 0.25) is 5.91 Å². The summed E-state index contributed by atoms with van der Waals surface area (Å²) in [5.41, 5.74) is 0.691. The van der Waals surface area contributed by atoms with Gasteiger partial charge < -0.3 is 24.8 Å². The van der Waals surface area contributed by atoms with Crippen LogP contribution in [0.3, 0.4) is 0 Å². The highest BCUT2D eigenvalue weighted by molar-refractivity contribution is 7.09. The zero-order valence-corrected chi connectivity index (χ0v) is 37.3. The first-order valence-electron chi connectivity index (χ1n) is 21.3. The Kier molecular flexibility index (Phi) is 18.9. The summed E-state index contributed by atoms with van der Waals surface area (Å²) in [6, 6.07) is 13.0. The van der Waals surface area contributed by atoms with Gasteiger partial charge in [-0.3, -0.25) is 24.1 Å². The number of hydrogen-bond acceptors (Lipinski definition) is 9.